The van der Waals surface area contributed by atoms with Gasteiger partial charge in [0.1, 0.15) is 0 Å². The number of anilines is 2. The maximum Gasteiger partial charge on any atom is 0.306 e. The summed E-state index contributed by atoms with van der Waals surface area (Å²) in [7, 11) is 0. The molecule has 0 fully saturated rings. The van der Waals surface area contributed by atoms with Crippen molar-refractivity contribution < 1.29 is 19.1 Å². The number of nitrogens with one attached hydrogen (secondary N) is 2. The molecule has 2 amide bonds. The van der Waals surface area contributed by atoms with E-state index in [4.69, 9.17) is 16.3 Å². The van der Waals surface area contributed by atoms with Crippen LogP contribution in [0.2, 0.25) is 5.02 Å². The molecule has 0 heterocycles. The molecule has 3 aromatic carbocycles. The Balaban J connectivity index is 1.43. The lowest BCUT2D eigenvalue weighted by Crippen LogP contribution is -2.21. The van der Waals surface area contributed by atoms with Gasteiger partial charge in [0.2, 0.25) is 5.91 Å². The summed E-state index contributed by atoms with van der Waals surface area (Å²) in [6.45, 7) is -0.447. The molecule has 3 rings (SSSR count). The Bertz CT molecular complexity index is 1100. The summed E-state index contributed by atoms with van der Waals surface area (Å²) < 4.78 is 5.63. The van der Waals surface area contributed by atoms with Crippen molar-refractivity contribution in [2.75, 3.05) is 17.2 Å². The topological polar surface area (TPSA) is 84.5 Å². The predicted molar refractivity (Wildman–Crippen MR) is 121 cm³/mol. The quantitative estimate of drug-likeness (QED) is 0.449. The van der Waals surface area contributed by atoms with Crippen molar-refractivity contribution in [3.8, 4) is 0 Å². The first-order valence-corrected chi connectivity index (χ1v) is 10.3. The minimum Gasteiger partial charge on any atom is -0.456 e. The molecule has 0 unspecified atom stereocenters. The van der Waals surface area contributed by atoms with E-state index < -0.39 is 18.5 Å². The normalized spacial score (nSPS) is 10.5. The summed E-state index contributed by atoms with van der Waals surface area (Å²) in [5, 5.41) is 7.76. The Morgan fingerprint density at radius 3 is 2.47 bits per heavy atom. The van der Waals surface area contributed by atoms with E-state index in [0.29, 0.717) is 20.9 Å². The molecule has 8 heteroatoms. The van der Waals surface area contributed by atoms with Crippen molar-refractivity contribution >= 4 is 67.5 Å². The number of benzene rings is 3. The smallest absolute Gasteiger partial charge is 0.306 e. The number of rotatable bonds is 7. The average molecular weight is 490 g/mol. The Morgan fingerprint density at radius 1 is 0.900 bits per heavy atom. The number of halogens is 2. The first-order chi connectivity index (χ1) is 14.4. The summed E-state index contributed by atoms with van der Waals surface area (Å²) in [5.74, 6) is -1.44. The standard InChI is InChI=1S/C22H18BrClN2O4/c23-17-9-8-15(12-18(17)24)25-21(28)13-30-22(29)11-10-20(27)26-19-7-3-5-14-4-1-2-6-16(14)19/h1-9,12H,10-11,13H2,(H,25,28)(H,26,27). The number of esters is 1. The zero-order valence-corrected chi connectivity index (χ0v) is 18.1. The van der Waals surface area contributed by atoms with Crippen molar-refractivity contribution in [1.29, 1.82) is 0 Å². The Morgan fingerprint density at radius 2 is 1.67 bits per heavy atom. The third kappa shape index (κ3) is 6.05. The van der Waals surface area contributed by atoms with Crippen LogP contribution in [0.25, 0.3) is 10.8 Å². The van der Waals surface area contributed by atoms with E-state index in [9.17, 15) is 14.4 Å². The highest BCUT2D eigenvalue weighted by molar-refractivity contribution is 9.10. The van der Waals surface area contributed by atoms with Crippen molar-refractivity contribution in [1.82, 2.24) is 0 Å². The number of ether oxygens (including phenoxy) is 1. The number of carbonyl (C=O) groups excluding carboxylic acids is 3. The Kier molecular flexibility index (Phi) is 7.43. The molecule has 0 aliphatic rings. The summed E-state index contributed by atoms with van der Waals surface area (Å²) in [5.41, 5.74) is 1.16. The average Bonchev–Trinajstić information content (AvgIpc) is 2.74. The molecule has 3 aromatic rings. The molecule has 0 aromatic heterocycles. The van der Waals surface area contributed by atoms with Crippen LogP contribution in [0.15, 0.2) is 65.1 Å². The van der Waals surface area contributed by atoms with E-state index in [-0.39, 0.29) is 18.7 Å². The van der Waals surface area contributed by atoms with E-state index in [1.807, 2.05) is 36.4 Å². The number of hydrogen-bond donors (Lipinski definition) is 2. The fraction of sp³-hybridized carbons (Fsp3) is 0.136. The number of amides is 2. The molecule has 0 bridgehead atoms. The maximum absolute atomic E-state index is 12.2. The van der Waals surface area contributed by atoms with E-state index in [0.717, 1.165) is 10.8 Å². The largest absolute Gasteiger partial charge is 0.456 e. The van der Waals surface area contributed by atoms with Crippen molar-refractivity contribution in [2.24, 2.45) is 0 Å². The lowest BCUT2D eigenvalue weighted by atomic mass is 10.1. The summed E-state index contributed by atoms with van der Waals surface area (Å²) in [6.07, 6.45) is -0.181. The molecule has 0 spiro atoms. The van der Waals surface area contributed by atoms with Crippen LogP contribution in [0.1, 0.15) is 12.8 Å². The first-order valence-electron chi connectivity index (χ1n) is 9.10. The Labute approximate surface area is 186 Å². The van der Waals surface area contributed by atoms with Crippen LogP contribution in [0.4, 0.5) is 11.4 Å². The molecule has 0 radical (unpaired) electrons. The highest BCUT2D eigenvalue weighted by Crippen LogP contribution is 2.25. The van der Waals surface area contributed by atoms with Gasteiger partial charge in [0.05, 0.1) is 11.4 Å². The molecule has 0 saturated heterocycles. The number of hydrogen-bond acceptors (Lipinski definition) is 4. The second-order valence-corrected chi connectivity index (χ2v) is 7.67. The SMILES string of the molecule is O=C(COC(=O)CCC(=O)Nc1cccc2ccccc12)Nc1ccc(Br)c(Cl)c1. The zero-order valence-electron chi connectivity index (χ0n) is 15.8. The van der Waals surface area contributed by atoms with Gasteiger partial charge in [0.25, 0.3) is 5.91 Å². The minimum absolute atomic E-state index is 0.0496. The van der Waals surface area contributed by atoms with Crippen LogP contribution in [0.5, 0.6) is 0 Å². The highest BCUT2D eigenvalue weighted by atomic mass is 79.9. The molecule has 154 valence electrons. The fourth-order valence-electron chi connectivity index (χ4n) is 2.75. The van der Waals surface area contributed by atoms with Crippen LogP contribution >= 0.6 is 27.5 Å². The second-order valence-electron chi connectivity index (χ2n) is 6.41. The van der Waals surface area contributed by atoms with E-state index in [2.05, 4.69) is 26.6 Å². The lowest BCUT2D eigenvalue weighted by Gasteiger charge is -2.09. The summed E-state index contributed by atoms with van der Waals surface area (Å²) in [4.78, 5) is 35.9. The van der Waals surface area contributed by atoms with E-state index in [1.165, 1.54) is 0 Å². The number of carbonyl (C=O) groups is 3. The van der Waals surface area contributed by atoms with Crippen molar-refractivity contribution in [2.45, 2.75) is 12.8 Å². The minimum atomic E-state index is -0.632. The summed E-state index contributed by atoms with van der Waals surface area (Å²) in [6, 6.07) is 18.2. The third-order valence-corrected chi connectivity index (χ3v) is 5.42. The van der Waals surface area contributed by atoms with Crippen LogP contribution in [0, 0.1) is 0 Å². The van der Waals surface area contributed by atoms with Gasteiger partial charge in [-0.1, -0.05) is 48.0 Å². The highest BCUT2D eigenvalue weighted by Gasteiger charge is 2.12. The maximum atomic E-state index is 12.2. The molecule has 0 aliphatic carbocycles. The van der Waals surface area contributed by atoms with E-state index in [1.54, 1.807) is 24.3 Å². The third-order valence-electron chi connectivity index (χ3n) is 4.19. The monoisotopic (exact) mass is 488 g/mol. The number of fused-ring (bicyclic) bond motifs is 1. The molecular weight excluding hydrogens is 472 g/mol. The van der Waals surface area contributed by atoms with Gasteiger partial charge in [-0.05, 0) is 45.6 Å². The van der Waals surface area contributed by atoms with Gasteiger partial charge in [-0.15, -0.1) is 0 Å². The van der Waals surface area contributed by atoms with Crippen molar-refractivity contribution in [3.63, 3.8) is 0 Å². The molecule has 0 atom stereocenters. The van der Waals surface area contributed by atoms with E-state index >= 15 is 0 Å². The lowest BCUT2D eigenvalue weighted by molar-refractivity contribution is -0.147. The second kappa shape index (κ2) is 10.2. The van der Waals surface area contributed by atoms with Crippen molar-refractivity contribution in [3.05, 3.63) is 70.2 Å². The van der Waals surface area contributed by atoms with Crippen LogP contribution in [-0.4, -0.2) is 24.4 Å². The first kappa shape index (κ1) is 21.8. The van der Waals surface area contributed by atoms with Gasteiger partial charge in [-0.25, -0.2) is 0 Å². The van der Waals surface area contributed by atoms with Crippen LogP contribution in [0.3, 0.4) is 0 Å². The predicted octanol–water partition coefficient (Wildman–Crippen LogP) is 5.16. The van der Waals surface area contributed by atoms with Gasteiger partial charge in [0.15, 0.2) is 6.61 Å². The molecule has 0 aliphatic heterocycles. The van der Waals surface area contributed by atoms with Gasteiger partial charge in [0, 0.05) is 27.7 Å². The molecule has 2 N–H and O–H groups in total. The van der Waals surface area contributed by atoms with Crippen LogP contribution < -0.4 is 10.6 Å². The fourth-order valence-corrected chi connectivity index (χ4v) is 3.18. The van der Waals surface area contributed by atoms with Crippen LogP contribution in [-0.2, 0) is 19.1 Å². The molecular formula is C22H18BrClN2O4. The molecule has 6 nitrogen and oxygen atoms in total. The summed E-state index contributed by atoms with van der Waals surface area (Å²) >= 11 is 9.22. The zero-order chi connectivity index (χ0) is 21.5. The Hall–Kier alpha value is -2.90. The van der Waals surface area contributed by atoms with Gasteiger partial charge in [-0.2, -0.15) is 0 Å². The molecule has 30 heavy (non-hydrogen) atoms. The molecule has 0 saturated carbocycles. The van der Waals surface area contributed by atoms with Gasteiger partial charge in [-0.3, -0.25) is 14.4 Å². The van der Waals surface area contributed by atoms with Gasteiger partial charge < -0.3 is 15.4 Å². The van der Waals surface area contributed by atoms with Gasteiger partial charge >= 0.3 is 5.97 Å².